The zero-order valence-corrected chi connectivity index (χ0v) is 13.6. The van der Waals surface area contributed by atoms with Gasteiger partial charge in [-0.05, 0) is 35.3 Å². The van der Waals surface area contributed by atoms with Crippen LogP contribution in [-0.4, -0.2) is 14.5 Å². The number of pyridine rings is 1. The van der Waals surface area contributed by atoms with Crippen molar-refractivity contribution in [2.45, 2.75) is 47.0 Å². The third-order valence-corrected chi connectivity index (χ3v) is 5.84. The van der Waals surface area contributed by atoms with Crippen molar-refractivity contribution in [3.63, 3.8) is 0 Å². The average Bonchev–Trinajstić information content (AvgIpc) is 2.69. The first-order chi connectivity index (χ1) is 9.29. The number of hydrogen-bond donors (Lipinski definition) is 0. The van der Waals surface area contributed by atoms with Gasteiger partial charge >= 0.3 is 0 Å². The van der Waals surface area contributed by atoms with Crippen molar-refractivity contribution < 1.29 is 0 Å². The minimum atomic E-state index is 0.359. The van der Waals surface area contributed by atoms with Gasteiger partial charge in [0.05, 0.1) is 5.88 Å². The van der Waals surface area contributed by atoms with Gasteiger partial charge in [0.2, 0.25) is 0 Å². The van der Waals surface area contributed by atoms with Crippen molar-refractivity contribution in [3.05, 3.63) is 23.7 Å². The summed E-state index contributed by atoms with van der Waals surface area (Å²) in [5.41, 5.74) is 3.77. The number of aryl methyl sites for hydroxylation is 1. The lowest BCUT2D eigenvalue weighted by atomic mass is 10.0. The molecule has 0 aromatic carbocycles. The lowest BCUT2D eigenvalue weighted by Gasteiger charge is -2.08. The number of aromatic nitrogens is 3. The lowest BCUT2D eigenvalue weighted by molar-refractivity contribution is 0.457. The van der Waals surface area contributed by atoms with E-state index in [0.29, 0.717) is 22.6 Å². The van der Waals surface area contributed by atoms with Crippen LogP contribution in [0.3, 0.4) is 0 Å². The predicted octanol–water partition coefficient (Wildman–Crippen LogP) is 4.16. The number of halogens is 1. The Bertz CT molecular complexity index is 656. The summed E-state index contributed by atoms with van der Waals surface area (Å²) in [5, 5.41) is 0. The fourth-order valence-corrected chi connectivity index (χ4v) is 3.63. The molecule has 3 rings (SSSR count). The number of hydrogen-bond acceptors (Lipinski definition) is 2. The third-order valence-electron chi connectivity index (χ3n) is 5.61. The quantitative estimate of drug-likeness (QED) is 0.795. The Morgan fingerprint density at radius 1 is 1.25 bits per heavy atom. The van der Waals surface area contributed by atoms with E-state index in [0.717, 1.165) is 29.1 Å². The van der Waals surface area contributed by atoms with Crippen LogP contribution in [0.25, 0.3) is 11.2 Å². The Kier molecular flexibility index (Phi) is 2.91. The molecule has 0 radical (unpaired) electrons. The van der Waals surface area contributed by atoms with Crippen LogP contribution >= 0.6 is 11.6 Å². The van der Waals surface area contributed by atoms with E-state index in [-0.39, 0.29) is 0 Å². The van der Waals surface area contributed by atoms with E-state index in [2.05, 4.69) is 48.3 Å². The zero-order valence-electron chi connectivity index (χ0n) is 12.9. The molecular formula is C16H22ClN3. The summed E-state index contributed by atoms with van der Waals surface area (Å²) < 4.78 is 2.21. The first kappa shape index (κ1) is 13.9. The first-order valence-electron chi connectivity index (χ1n) is 7.16. The number of rotatable bonds is 3. The molecule has 20 heavy (non-hydrogen) atoms. The molecule has 4 heteroatoms. The molecule has 3 nitrogen and oxygen atoms in total. The van der Waals surface area contributed by atoms with Gasteiger partial charge in [-0.25, -0.2) is 9.97 Å². The van der Waals surface area contributed by atoms with Crippen LogP contribution < -0.4 is 0 Å². The molecule has 1 aliphatic rings. The second kappa shape index (κ2) is 4.20. The van der Waals surface area contributed by atoms with Crippen LogP contribution in [0.5, 0.6) is 0 Å². The standard InChI is InChI=1S/C16H22ClN3/c1-10-6-11-14(18-8-10)20(13(7-17)19-11)9-12-15(2,3)16(12,4)5/h6,8,12H,7,9H2,1-5H3. The molecule has 0 aliphatic heterocycles. The molecular weight excluding hydrogens is 270 g/mol. The number of alkyl halides is 1. The zero-order chi connectivity index (χ0) is 14.7. The summed E-state index contributed by atoms with van der Waals surface area (Å²) in [5.74, 6) is 2.00. The second-order valence-corrected chi connectivity index (χ2v) is 7.39. The third kappa shape index (κ3) is 1.79. The van der Waals surface area contributed by atoms with E-state index in [1.165, 1.54) is 0 Å². The van der Waals surface area contributed by atoms with Crippen LogP contribution in [0.1, 0.15) is 39.1 Å². The Hall–Kier alpha value is -1.09. The SMILES string of the molecule is Cc1cnc2c(c1)nc(CCl)n2CC1C(C)(C)C1(C)C. The van der Waals surface area contributed by atoms with Crippen molar-refractivity contribution >= 4 is 22.8 Å². The molecule has 0 unspecified atom stereocenters. The maximum atomic E-state index is 6.08. The van der Waals surface area contributed by atoms with Gasteiger partial charge in [-0.15, -0.1) is 11.6 Å². The molecule has 0 bridgehead atoms. The van der Waals surface area contributed by atoms with Gasteiger partial charge in [-0.3, -0.25) is 0 Å². The van der Waals surface area contributed by atoms with E-state index in [1.54, 1.807) is 0 Å². The number of fused-ring (bicyclic) bond motifs is 1. The molecule has 2 heterocycles. The monoisotopic (exact) mass is 291 g/mol. The minimum Gasteiger partial charge on any atom is -0.311 e. The summed E-state index contributed by atoms with van der Waals surface area (Å²) in [6, 6.07) is 2.08. The van der Waals surface area contributed by atoms with Crippen molar-refractivity contribution in [2.75, 3.05) is 0 Å². The summed E-state index contributed by atoms with van der Waals surface area (Å²) in [4.78, 5) is 9.20. The van der Waals surface area contributed by atoms with Gasteiger partial charge in [0, 0.05) is 12.7 Å². The van der Waals surface area contributed by atoms with E-state index in [1.807, 2.05) is 13.1 Å². The summed E-state index contributed by atoms with van der Waals surface area (Å²) in [6.45, 7) is 12.4. The Labute approximate surface area is 125 Å². The Balaban J connectivity index is 2.03. The van der Waals surface area contributed by atoms with Gasteiger partial charge in [0.15, 0.2) is 5.65 Å². The van der Waals surface area contributed by atoms with Crippen LogP contribution in [0.4, 0.5) is 0 Å². The molecule has 1 fully saturated rings. The van der Waals surface area contributed by atoms with Crippen molar-refractivity contribution in [1.29, 1.82) is 0 Å². The van der Waals surface area contributed by atoms with E-state index < -0.39 is 0 Å². The normalized spacial score (nSPS) is 20.5. The van der Waals surface area contributed by atoms with E-state index in [9.17, 15) is 0 Å². The van der Waals surface area contributed by atoms with Crippen LogP contribution in [0.15, 0.2) is 12.3 Å². The highest BCUT2D eigenvalue weighted by atomic mass is 35.5. The van der Waals surface area contributed by atoms with Crippen molar-refractivity contribution in [2.24, 2.45) is 16.7 Å². The summed E-state index contributed by atoms with van der Waals surface area (Å²) in [6.07, 6.45) is 1.90. The molecule has 1 aliphatic carbocycles. The van der Waals surface area contributed by atoms with Crippen LogP contribution in [0.2, 0.25) is 0 Å². The highest BCUT2D eigenvalue weighted by Crippen LogP contribution is 2.69. The van der Waals surface area contributed by atoms with Gasteiger partial charge in [-0.1, -0.05) is 27.7 Å². The molecule has 2 aromatic heterocycles. The second-order valence-electron chi connectivity index (χ2n) is 7.12. The molecule has 0 spiro atoms. The number of nitrogens with zero attached hydrogens (tertiary/aromatic N) is 3. The van der Waals surface area contributed by atoms with Crippen LogP contribution in [0, 0.1) is 23.7 Å². The van der Waals surface area contributed by atoms with E-state index >= 15 is 0 Å². The Morgan fingerprint density at radius 3 is 2.45 bits per heavy atom. The molecule has 2 aromatic rings. The fourth-order valence-electron chi connectivity index (χ4n) is 3.42. The van der Waals surface area contributed by atoms with Gasteiger partial charge in [-0.2, -0.15) is 0 Å². The smallest absolute Gasteiger partial charge is 0.160 e. The Morgan fingerprint density at radius 2 is 1.90 bits per heavy atom. The molecule has 0 amide bonds. The highest BCUT2D eigenvalue weighted by molar-refractivity contribution is 6.16. The minimum absolute atomic E-state index is 0.359. The maximum Gasteiger partial charge on any atom is 0.160 e. The van der Waals surface area contributed by atoms with Crippen molar-refractivity contribution in [1.82, 2.24) is 14.5 Å². The topological polar surface area (TPSA) is 30.7 Å². The fraction of sp³-hybridized carbons (Fsp3) is 0.625. The predicted molar refractivity (Wildman–Crippen MR) is 82.9 cm³/mol. The van der Waals surface area contributed by atoms with Crippen LogP contribution in [-0.2, 0) is 12.4 Å². The lowest BCUT2D eigenvalue weighted by Crippen LogP contribution is -2.08. The van der Waals surface area contributed by atoms with Crippen molar-refractivity contribution in [3.8, 4) is 0 Å². The number of imidazole rings is 1. The molecule has 0 atom stereocenters. The van der Waals surface area contributed by atoms with Gasteiger partial charge in [0.1, 0.15) is 11.3 Å². The first-order valence-corrected chi connectivity index (χ1v) is 7.70. The van der Waals surface area contributed by atoms with E-state index in [4.69, 9.17) is 11.6 Å². The van der Waals surface area contributed by atoms with Gasteiger partial charge < -0.3 is 4.57 Å². The highest BCUT2D eigenvalue weighted by Gasteiger charge is 2.64. The summed E-state index contributed by atoms with van der Waals surface area (Å²) in [7, 11) is 0. The molecule has 0 saturated heterocycles. The molecule has 108 valence electrons. The molecule has 1 saturated carbocycles. The van der Waals surface area contributed by atoms with Gasteiger partial charge in [0.25, 0.3) is 0 Å². The largest absolute Gasteiger partial charge is 0.311 e. The average molecular weight is 292 g/mol. The summed E-state index contributed by atoms with van der Waals surface area (Å²) >= 11 is 6.08. The molecule has 0 N–H and O–H groups in total. The maximum absolute atomic E-state index is 6.08.